The van der Waals surface area contributed by atoms with Crippen molar-refractivity contribution in [3.8, 4) is 0 Å². The third kappa shape index (κ3) is 4.17. The number of hydrogen-bond acceptors (Lipinski definition) is 3. The maximum Gasteiger partial charge on any atom is 0.318 e. The van der Waals surface area contributed by atoms with Crippen LogP contribution in [0.15, 0.2) is 0 Å². The van der Waals surface area contributed by atoms with Crippen molar-refractivity contribution in [3.05, 3.63) is 17.0 Å². The van der Waals surface area contributed by atoms with E-state index in [1.807, 2.05) is 18.7 Å². The van der Waals surface area contributed by atoms with Crippen LogP contribution in [-0.4, -0.2) is 45.9 Å². The molecule has 140 valence electrons. The minimum Gasteiger partial charge on any atom is -0.376 e. The Morgan fingerprint density at radius 3 is 2.56 bits per heavy atom. The number of hydrogen-bond donors (Lipinski definition) is 2. The summed E-state index contributed by atoms with van der Waals surface area (Å²) in [6.07, 6.45) is 6.78. The van der Waals surface area contributed by atoms with E-state index in [1.54, 1.807) is 0 Å². The summed E-state index contributed by atoms with van der Waals surface area (Å²) >= 11 is 0. The summed E-state index contributed by atoms with van der Waals surface area (Å²) in [5.74, 6) is 0. The fourth-order valence-corrected chi connectivity index (χ4v) is 4.35. The van der Waals surface area contributed by atoms with E-state index >= 15 is 0 Å². The summed E-state index contributed by atoms with van der Waals surface area (Å²) in [5, 5.41) is 10.6. The van der Waals surface area contributed by atoms with Crippen LogP contribution in [0.4, 0.5) is 4.79 Å². The normalized spacial score (nSPS) is 27.1. The molecule has 6 nitrogen and oxygen atoms in total. The maximum absolute atomic E-state index is 12.9. The lowest BCUT2D eigenvalue weighted by Crippen LogP contribution is -2.46. The molecule has 1 atom stereocenters. The number of likely N-dealkylation sites (tertiary alicyclic amines) is 1. The number of rotatable bonds is 4. The first-order chi connectivity index (χ1) is 12.0. The van der Waals surface area contributed by atoms with E-state index in [0.29, 0.717) is 6.10 Å². The molecule has 0 spiro atoms. The minimum absolute atomic E-state index is 0.0794. The molecule has 1 saturated carbocycles. The molecule has 2 aliphatic rings. The molecular weight excluding hydrogens is 316 g/mol. The second kappa shape index (κ2) is 7.77. The molecule has 3 rings (SSSR count). The number of aryl methyl sites for hydroxylation is 2. The number of carbonyl (C=O) groups excluding carboxylic acids is 1. The molecule has 2 amide bonds. The van der Waals surface area contributed by atoms with Crippen LogP contribution in [0.5, 0.6) is 0 Å². The van der Waals surface area contributed by atoms with Gasteiger partial charge in [-0.15, -0.1) is 0 Å². The topological polar surface area (TPSA) is 70.2 Å². The van der Waals surface area contributed by atoms with Gasteiger partial charge in [0, 0.05) is 23.8 Å². The third-order valence-electron chi connectivity index (χ3n) is 5.50. The highest BCUT2D eigenvalue weighted by Gasteiger charge is 2.34. The second-order valence-corrected chi connectivity index (χ2v) is 7.81. The highest BCUT2D eigenvalue weighted by molar-refractivity contribution is 5.75. The van der Waals surface area contributed by atoms with Crippen molar-refractivity contribution in [3.63, 3.8) is 0 Å². The Balaban J connectivity index is 1.56. The van der Waals surface area contributed by atoms with E-state index in [4.69, 9.17) is 4.74 Å². The lowest BCUT2D eigenvalue weighted by Gasteiger charge is -2.33. The van der Waals surface area contributed by atoms with Gasteiger partial charge in [0.1, 0.15) is 0 Å². The Morgan fingerprint density at radius 2 is 1.96 bits per heavy atom. The van der Waals surface area contributed by atoms with Gasteiger partial charge in [-0.1, -0.05) is 0 Å². The number of carbonyl (C=O) groups is 1. The Kier molecular flexibility index (Phi) is 5.67. The first-order valence-corrected chi connectivity index (χ1v) is 9.69. The zero-order valence-electron chi connectivity index (χ0n) is 16.0. The van der Waals surface area contributed by atoms with Gasteiger partial charge in [0.25, 0.3) is 0 Å². The predicted octanol–water partition coefficient (Wildman–Crippen LogP) is 3.61. The van der Waals surface area contributed by atoms with Crippen molar-refractivity contribution in [1.29, 1.82) is 0 Å². The first-order valence-electron chi connectivity index (χ1n) is 9.69. The van der Waals surface area contributed by atoms with Crippen LogP contribution in [-0.2, 0) is 4.74 Å². The van der Waals surface area contributed by atoms with E-state index in [9.17, 15) is 4.79 Å². The number of urea groups is 1. The lowest BCUT2D eigenvalue weighted by atomic mass is 9.93. The minimum atomic E-state index is 0.0794. The van der Waals surface area contributed by atoms with Gasteiger partial charge in [0.2, 0.25) is 0 Å². The number of ether oxygens (including phenoxy) is 1. The standard InChI is InChI=1S/C19H32N4O2/c1-12(2)25-16-9-7-15(8-10-16)20-19(24)23-11-5-6-17(23)18-13(3)21-22-14(18)4/h12,15-17H,5-11H2,1-4H3,(H,20,24)(H,21,22). The van der Waals surface area contributed by atoms with Gasteiger partial charge in [-0.25, -0.2) is 4.79 Å². The van der Waals surface area contributed by atoms with E-state index < -0.39 is 0 Å². The fraction of sp³-hybridized carbons (Fsp3) is 0.789. The van der Waals surface area contributed by atoms with Crippen LogP contribution >= 0.6 is 0 Å². The molecule has 2 N–H and O–H groups in total. The summed E-state index contributed by atoms with van der Waals surface area (Å²) in [7, 11) is 0. The smallest absolute Gasteiger partial charge is 0.318 e. The lowest BCUT2D eigenvalue weighted by molar-refractivity contribution is -0.0158. The van der Waals surface area contributed by atoms with Crippen LogP contribution in [0.2, 0.25) is 0 Å². The van der Waals surface area contributed by atoms with Crippen molar-refractivity contribution in [1.82, 2.24) is 20.4 Å². The fourth-order valence-electron chi connectivity index (χ4n) is 4.35. The molecular formula is C19H32N4O2. The number of amides is 2. The molecule has 1 aliphatic heterocycles. The average molecular weight is 348 g/mol. The van der Waals surface area contributed by atoms with Gasteiger partial charge in [0.05, 0.1) is 23.9 Å². The maximum atomic E-state index is 12.9. The largest absolute Gasteiger partial charge is 0.376 e. The highest BCUT2D eigenvalue weighted by Crippen LogP contribution is 2.35. The molecule has 1 aromatic rings. The van der Waals surface area contributed by atoms with Gasteiger partial charge in [-0.2, -0.15) is 5.10 Å². The molecule has 0 radical (unpaired) electrons. The molecule has 1 unspecified atom stereocenters. The average Bonchev–Trinajstić information content (AvgIpc) is 3.15. The number of aromatic amines is 1. The van der Waals surface area contributed by atoms with Gasteiger partial charge < -0.3 is 15.0 Å². The summed E-state index contributed by atoms with van der Waals surface area (Å²) < 4.78 is 5.90. The van der Waals surface area contributed by atoms with Crippen molar-refractivity contribution >= 4 is 6.03 Å². The Morgan fingerprint density at radius 1 is 1.24 bits per heavy atom. The Hall–Kier alpha value is -1.56. The van der Waals surface area contributed by atoms with E-state index in [0.717, 1.165) is 56.5 Å². The first kappa shape index (κ1) is 18.2. The van der Waals surface area contributed by atoms with E-state index in [-0.39, 0.29) is 24.2 Å². The molecule has 1 saturated heterocycles. The quantitative estimate of drug-likeness (QED) is 0.873. The number of nitrogens with one attached hydrogen (secondary N) is 2. The third-order valence-corrected chi connectivity index (χ3v) is 5.50. The zero-order chi connectivity index (χ0) is 18.0. The van der Waals surface area contributed by atoms with Crippen molar-refractivity contribution < 1.29 is 9.53 Å². The van der Waals surface area contributed by atoms with Gasteiger partial charge in [-0.05, 0) is 66.2 Å². The van der Waals surface area contributed by atoms with Crippen LogP contribution in [0.3, 0.4) is 0 Å². The molecule has 25 heavy (non-hydrogen) atoms. The predicted molar refractivity (Wildman–Crippen MR) is 97.5 cm³/mol. The molecule has 2 fully saturated rings. The van der Waals surface area contributed by atoms with Gasteiger partial charge in [0.15, 0.2) is 0 Å². The van der Waals surface area contributed by atoms with Crippen LogP contribution in [0, 0.1) is 13.8 Å². The molecule has 0 bridgehead atoms. The SMILES string of the molecule is Cc1n[nH]c(C)c1C1CCCN1C(=O)NC1CCC(OC(C)C)CC1. The van der Waals surface area contributed by atoms with Gasteiger partial charge in [-0.3, -0.25) is 5.10 Å². The Bertz CT molecular complexity index is 571. The molecule has 1 aromatic heterocycles. The zero-order valence-corrected chi connectivity index (χ0v) is 16.0. The summed E-state index contributed by atoms with van der Waals surface area (Å²) in [5.41, 5.74) is 3.28. The van der Waals surface area contributed by atoms with E-state index in [1.165, 1.54) is 5.56 Å². The van der Waals surface area contributed by atoms with Crippen molar-refractivity contribution in [2.24, 2.45) is 0 Å². The highest BCUT2D eigenvalue weighted by atomic mass is 16.5. The van der Waals surface area contributed by atoms with Crippen LogP contribution < -0.4 is 5.32 Å². The Labute approximate surface area is 150 Å². The van der Waals surface area contributed by atoms with Crippen LogP contribution in [0.1, 0.15) is 75.4 Å². The summed E-state index contributed by atoms with van der Waals surface area (Å²) in [6, 6.07) is 0.502. The molecule has 6 heteroatoms. The van der Waals surface area contributed by atoms with Crippen molar-refractivity contribution in [2.75, 3.05) is 6.54 Å². The summed E-state index contributed by atoms with van der Waals surface area (Å²) in [6.45, 7) is 9.05. The number of nitrogens with zero attached hydrogens (tertiary/aromatic N) is 2. The summed E-state index contributed by atoms with van der Waals surface area (Å²) in [4.78, 5) is 14.9. The number of H-pyrrole nitrogens is 1. The number of aromatic nitrogens is 2. The van der Waals surface area contributed by atoms with E-state index in [2.05, 4.69) is 29.4 Å². The molecule has 1 aliphatic carbocycles. The molecule has 2 heterocycles. The van der Waals surface area contributed by atoms with Gasteiger partial charge >= 0.3 is 6.03 Å². The van der Waals surface area contributed by atoms with Crippen LogP contribution in [0.25, 0.3) is 0 Å². The van der Waals surface area contributed by atoms with Crippen molar-refractivity contribution in [2.45, 2.75) is 90.5 Å². The second-order valence-electron chi connectivity index (χ2n) is 7.81. The molecule has 0 aromatic carbocycles. The monoisotopic (exact) mass is 348 g/mol.